The van der Waals surface area contributed by atoms with E-state index < -0.39 is 0 Å². The largest absolute Gasteiger partial charge is 0.391 e. The number of piperidine rings is 1. The molecule has 0 aromatic carbocycles. The Balaban J connectivity index is 1.70. The second-order valence-corrected chi connectivity index (χ2v) is 7.92. The highest BCUT2D eigenvalue weighted by Gasteiger charge is 2.18. The Kier molecular flexibility index (Phi) is 6.07. The minimum absolute atomic E-state index is 0.292. The van der Waals surface area contributed by atoms with E-state index in [0.717, 1.165) is 35.0 Å². The molecule has 0 amide bonds. The van der Waals surface area contributed by atoms with Crippen LogP contribution in [0.15, 0.2) is 4.34 Å². The monoisotopic (exact) mass is 316 g/mol. The predicted octanol–water partition coefficient (Wildman–Crippen LogP) is 1.79. The molecule has 2 rings (SSSR count). The van der Waals surface area contributed by atoms with Gasteiger partial charge in [0.15, 0.2) is 4.34 Å². The molecule has 114 valence electrons. The third-order valence-corrected chi connectivity index (χ3v) is 5.89. The average molecular weight is 316 g/mol. The summed E-state index contributed by atoms with van der Waals surface area (Å²) >= 11 is 3.17. The first kappa shape index (κ1) is 16.0. The molecule has 1 aromatic heterocycles. The molecule has 20 heavy (non-hydrogen) atoms. The van der Waals surface area contributed by atoms with Crippen molar-refractivity contribution in [2.75, 3.05) is 44.4 Å². The van der Waals surface area contributed by atoms with Crippen molar-refractivity contribution in [2.24, 2.45) is 5.92 Å². The lowest BCUT2D eigenvalue weighted by atomic mass is 9.99. The Morgan fingerprint density at radius 1 is 1.40 bits per heavy atom. The van der Waals surface area contributed by atoms with Gasteiger partial charge in [-0.05, 0) is 31.8 Å². The molecule has 0 unspecified atom stereocenters. The number of hydrogen-bond acceptors (Lipinski definition) is 7. The van der Waals surface area contributed by atoms with E-state index in [2.05, 4.69) is 22.0 Å². The molecule has 1 fully saturated rings. The molecule has 1 saturated heterocycles. The van der Waals surface area contributed by atoms with E-state index >= 15 is 0 Å². The third-order valence-electron chi connectivity index (χ3n) is 3.52. The minimum atomic E-state index is -0.292. The van der Waals surface area contributed by atoms with Crippen molar-refractivity contribution in [3.05, 3.63) is 0 Å². The summed E-state index contributed by atoms with van der Waals surface area (Å²) < 4.78 is 0.931. The molecule has 0 saturated carbocycles. The molecule has 1 aliphatic rings. The summed E-state index contributed by atoms with van der Waals surface area (Å²) in [4.78, 5) is 4.32. The summed E-state index contributed by atoms with van der Waals surface area (Å²) in [6.07, 6.45) is 2.21. The van der Waals surface area contributed by atoms with Gasteiger partial charge in [0.1, 0.15) is 0 Å². The van der Waals surface area contributed by atoms with Gasteiger partial charge in [0.2, 0.25) is 5.13 Å². The van der Waals surface area contributed by atoms with Gasteiger partial charge in [0.25, 0.3) is 0 Å². The van der Waals surface area contributed by atoms with Crippen molar-refractivity contribution in [2.45, 2.75) is 30.2 Å². The fourth-order valence-corrected chi connectivity index (χ4v) is 3.91. The maximum Gasteiger partial charge on any atom is 0.208 e. The molecule has 7 heteroatoms. The normalized spacial score (nSPS) is 19.2. The van der Waals surface area contributed by atoms with Gasteiger partial charge in [-0.2, -0.15) is 0 Å². The lowest BCUT2D eigenvalue weighted by Gasteiger charge is -2.31. The van der Waals surface area contributed by atoms with Crippen LogP contribution in [0.1, 0.15) is 19.8 Å². The fourth-order valence-electron chi connectivity index (χ4n) is 2.20. The molecule has 0 radical (unpaired) electrons. The van der Waals surface area contributed by atoms with Gasteiger partial charge in [0, 0.05) is 26.4 Å². The van der Waals surface area contributed by atoms with Crippen LogP contribution >= 0.6 is 23.1 Å². The van der Waals surface area contributed by atoms with Crippen LogP contribution in [0, 0.1) is 5.92 Å². The van der Waals surface area contributed by atoms with Crippen LogP contribution in [-0.4, -0.2) is 65.8 Å². The van der Waals surface area contributed by atoms with E-state index in [0.29, 0.717) is 5.75 Å². The molecule has 0 bridgehead atoms. The van der Waals surface area contributed by atoms with Crippen molar-refractivity contribution >= 4 is 28.2 Å². The maximum atomic E-state index is 10.1. The Bertz CT molecular complexity index is 405. The van der Waals surface area contributed by atoms with Gasteiger partial charge < -0.3 is 14.9 Å². The number of aliphatic hydroxyl groups excluding tert-OH is 1. The number of β-amino-alcohol motifs (C(OH)–C–C–N with tert-alkyl or cyclic N) is 1. The zero-order chi connectivity index (χ0) is 14.5. The molecule has 1 N–H and O–H groups in total. The number of likely N-dealkylation sites (tertiary alicyclic amines) is 1. The SMILES string of the molecule is CC1CCN(C[C@H](O)CSc2nnc(N(C)C)s2)CC1. The van der Waals surface area contributed by atoms with E-state index in [4.69, 9.17) is 0 Å². The lowest BCUT2D eigenvalue weighted by molar-refractivity contribution is 0.105. The second kappa shape index (κ2) is 7.59. The molecule has 1 aliphatic heterocycles. The number of aliphatic hydroxyl groups is 1. The van der Waals surface area contributed by atoms with Gasteiger partial charge >= 0.3 is 0 Å². The summed E-state index contributed by atoms with van der Waals surface area (Å²) in [5.74, 6) is 1.53. The molecule has 5 nitrogen and oxygen atoms in total. The average Bonchev–Trinajstić information content (AvgIpc) is 2.88. The highest BCUT2D eigenvalue weighted by Crippen LogP contribution is 2.27. The number of anilines is 1. The third kappa shape index (κ3) is 4.87. The van der Waals surface area contributed by atoms with Crippen molar-refractivity contribution in [1.29, 1.82) is 0 Å². The fraction of sp³-hybridized carbons (Fsp3) is 0.846. The molecule has 0 spiro atoms. The summed E-state index contributed by atoms with van der Waals surface area (Å²) in [5.41, 5.74) is 0. The smallest absolute Gasteiger partial charge is 0.208 e. The van der Waals surface area contributed by atoms with E-state index in [1.165, 1.54) is 12.8 Å². The molecule has 2 heterocycles. The zero-order valence-corrected chi connectivity index (χ0v) is 14.1. The Hall–Kier alpha value is -0.370. The lowest BCUT2D eigenvalue weighted by Crippen LogP contribution is -2.39. The topological polar surface area (TPSA) is 52.5 Å². The zero-order valence-electron chi connectivity index (χ0n) is 12.4. The highest BCUT2D eigenvalue weighted by atomic mass is 32.2. The van der Waals surface area contributed by atoms with Crippen LogP contribution in [0.4, 0.5) is 5.13 Å². The first-order chi connectivity index (χ1) is 9.54. The summed E-state index contributed by atoms with van der Waals surface area (Å²) in [7, 11) is 3.92. The molecule has 1 aromatic rings. The van der Waals surface area contributed by atoms with E-state index in [1.807, 2.05) is 19.0 Å². The Morgan fingerprint density at radius 2 is 2.10 bits per heavy atom. The first-order valence-electron chi connectivity index (χ1n) is 7.08. The van der Waals surface area contributed by atoms with Crippen LogP contribution in [-0.2, 0) is 0 Å². The number of thioether (sulfide) groups is 1. The molecular weight excluding hydrogens is 292 g/mol. The number of nitrogens with zero attached hydrogens (tertiary/aromatic N) is 4. The van der Waals surface area contributed by atoms with E-state index in [-0.39, 0.29) is 6.10 Å². The van der Waals surface area contributed by atoms with Gasteiger partial charge in [0.05, 0.1) is 6.10 Å². The van der Waals surface area contributed by atoms with Gasteiger partial charge in [-0.25, -0.2) is 0 Å². The van der Waals surface area contributed by atoms with Crippen molar-refractivity contribution in [3.63, 3.8) is 0 Å². The van der Waals surface area contributed by atoms with Crippen LogP contribution in [0.5, 0.6) is 0 Å². The highest BCUT2D eigenvalue weighted by molar-refractivity contribution is 8.01. The van der Waals surface area contributed by atoms with Gasteiger partial charge in [-0.15, -0.1) is 10.2 Å². The van der Waals surface area contributed by atoms with Crippen molar-refractivity contribution < 1.29 is 5.11 Å². The Morgan fingerprint density at radius 3 is 2.70 bits per heavy atom. The molecule has 0 aliphatic carbocycles. The van der Waals surface area contributed by atoms with Gasteiger partial charge in [-0.1, -0.05) is 30.0 Å². The molecule has 1 atom stereocenters. The minimum Gasteiger partial charge on any atom is -0.391 e. The predicted molar refractivity (Wildman–Crippen MR) is 85.8 cm³/mol. The van der Waals surface area contributed by atoms with Crippen LogP contribution in [0.25, 0.3) is 0 Å². The van der Waals surface area contributed by atoms with E-state index in [1.54, 1.807) is 23.1 Å². The number of rotatable bonds is 6. The first-order valence-corrected chi connectivity index (χ1v) is 8.89. The van der Waals surface area contributed by atoms with Crippen LogP contribution in [0.3, 0.4) is 0 Å². The summed E-state index contributed by atoms with van der Waals surface area (Å²) in [5, 5.41) is 19.3. The maximum absolute atomic E-state index is 10.1. The summed E-state index contributed by atoms with van der Waals surface area (Å²) in [6, 6.07) is 0. The molecular formula is C13H24N4OS2. The van der Waals surface area contributed by atoms with Crippen LogP contribution in [0.2, 0.25) is 0 Å². The van der Waals surface area contributed by atoms with Crippen molar-refractivity contribution in [1.82, 2.24) is 15.1 Å². The number of hydrogen-bond donors (Lipinski definition) is 1. The van der Waals surface area contributed by atoms with Gasteiger partial charge in [-0.3, -0.25) is 0 Å². The van der Waals surface area contributed by atoms with E-state index in [9.17, 15) is 5.11 Å². The Labute approximate surface area is 129 Å². The second-order valence-electron chi connectivity index (χ2n) is 5.69. The number of aromatic nitrogens is 2. The van der Waals surface area contributed by atoms with Crippen molar-refractivity contribution in [3.8, 4) is 0 Å². The summed E-state index contributed by atoms with van der Waals surface area (Å²) in [6.45, 7) is 5.32. The standard InChI is InChI=1S/C13H24N4OS2/c1-10-4-6-17(7-5-10)8-11(18)9-19-13-15-14-12(20-13)16(2)3/h10-11,18H,4-9H2,1-3H3/t11-/m0/s1. The van der Waals surface area contributed by atoms with Crippen LogP contribution < -0.4 is 4.90 Å². The quantitative estimate of drug-likeness (QED) is 0.808.